The molecule has 1 aliphatic carbocycles. The van der Waals surface area contributed by atoms with Crippen LogP contribution in [0.5, 0.6) is 0 Å². The second-order valence-electron chi connectivity index (χ2n) is 9.13. The summed E-state index contributed by atoms with van der Waals surface area (Å²) in [5.41, 5.74) is -2.35. The lowest BCUT2D eigenvalue weighted by Crippen LogP contribution is -2.52. The number of alkyl halides is 3. The van der Waals surface area contributed by atoms with Gasteiger partial charge in [-0.3, -0.25) is 19.8 Å². The minimum absolute atomic E-state index is 0.116. The van der Waals surface area contributed by atoms with Crippen LogP contribution >= 0.6 is 0 Å². The molecular weight excluding hydrogens is 443 g/mol. The van der Waals surface area contributed by atoms with Crippen molar-refractivity contribution in [1.29, 1.82) is 0 Å². The van der Waals surface area contributed by atoms with Crippen molar-refractivity contribution in [2.45, 2.75) is 44.3 Å². The first kappa shape index (κ1) is 23.3. The average Bonchev–Trinajstić information content (AvgIpc) is 2.99. The molecule has 1 aromatic rings. The largest absolute Gasteiger partial charge is 0.416 e. The quantitative estimate of drug-likeness (QED) is 0.413. The van der Waals surface area contributed by atoms with Crippen LogP contribution in [0.25, 0.3) is 0 Å². The smallest absolute Gasteiger partial charge is 0.363 e. The monoisotopic (exact) mass is 469 g/mol. The van der Waals surface area contributed by atoms with Crippen molar-refractivity contribution in [3.63, 3.8) is 0 Å². The third kappa shape index (κ3) is 4.48. The molecule has 0 unspecified atom stereocenters. The summed E-state index contributed by atoms with van der Waals surface area (Å²) in [6, 6.07) is 2.11. The number of nitrogens with one attached hydrogen (secondary N) is 1. The van der Waals surface area contributed by atoms with E-state index in [0.29, 0.717) is 51.0 Å². The zero-order valence-corrected chi connectivity index (χ0v) is 18.2. The van der Waals surface area contributed by atoms with Crippen LogP contribution in [0.1, 0.15) is 38.2 Å². The number of urea groups is 1. The van der Waals surface area contributed by atoms with E-state index in [1.54, 1.807) is 4.90 Å². The van der Waals surface area contributed by atoms with Gasteiger partial charge in [-0.15, -0.1) is 0 Å². The Kier molecular flexibility index (Phi) is 5.97. The molecule has 0 atom stereocenters. The average molecular weight is 469 g/mol. The van der Waals surface area contributed by atoms with Crippen molar-refractivity contribution < 1.29 is 27.7 Å². The molecule has 1 N–H and O–H groups in total. The lowest BCUT2D eigenvalue weighted by atomic mass is 9.77. The van der Waals surface area contributed by atoms with Gasteiger partial charge in [0.1, 0.15) is 11.2 Å². The zero-order valence-electron chi connectivity index (χ0n) is 18.2. The maximum Gasteiger partial charge on any atom is 0.416 e. The number of halogens is 3. The number of nitro groups is 1. The SMILES string of the molecule is CC1CCC2(CC1)NC(=O)N(CN1CCN(c3ccc(C(F)(F)F)cc3[N+](=O)[O-])CC1)C2=O. The number of carbonyl (C=O) groups excluding carboxylic acids is 2. The predicted octanol–water partition coefficient (Wildman–Crippen LogP) is 3.19. The summed E-state index contributed by atoms with van der Waals surface area (Å²) in [5.74, 6) is 0.317. The van der Waals surface area contributed by atoms with E-state index in [4.69, 9.17) is 0 Å². The van der Waals surface area contributed by atoms with Gasteiger partial charge in [-0.2, -0.15) is 13.2 Å². The highest BCUT2D eigenvalue weighted by molar-refractivity contribution is 6.07. The zero-order chi connectivity index (χ0) is 24.0. The van der Waals surface area contributed by atoms with E-state index in [2.05, 4.69) is 12.2 Å². The van der Waals surface area contributed by atoms with E-state index in [9.17, 15) is 32.9 Å². The predicted molar refractivity (Wildman–Crippen MR) is 112 cm³/mol. The Morgan fingerprint density at radius 3 is 2.36 bits per heavy atom. The lowest BCUT2D eigenvalue weighted by molar-refractivity contribution is -0.384. The van der Waals surface area contributed by atoms with E-state index >= 15 is 0 Å². The topological polar surface area (TPSA) is 99.0 Å². The molecule has 180 valence electrons. The fourth-order valence-corrected chi connectivity index (χ4v) is 4.84. The maximum atomic E-state index is 13.0. The number of rotatable bonds is 4. The van der Waals surface area contributed by atoms with Crippen LogP contribution in [0.4, 0.5) is 29.3 Å². The lowest BCUT2D eigenvalue weighted by Gasteiger charge is -2.37. The van der Waals surface area contributed by atoms with Crippen LogP contribution in [0.15, 0.2) is 18.2 Å². The minimum atomic E-state index is -4.67. The van der Waals surface area contributed by atoms with Crippen molar-refractivity contribution in [2.24, 2.45) is 5.92 Å². The molecule has 12 heteroatoms. The fraction of sp³-hybridized carbons (Fsp3) is 0.619. The first-order valence-electron chi connectivity index (χ1n) is 11.0. The summed E-state index contributed by atoms with van der Waals surface area (Å²) in [7, 11) is 0. The Labute approximate surface area is 188 Å². The van der Waals surface area contributed by atoms with Crippen LogP contribution in [-0.4, -0.2) is 65.0 Å². The van der Waals surface area contributed by atoms with Gasteiger partial charge < -0.3 is 10.2 Å². The molecule has 33 heavy (non-hydrogen) atoms. The van der Waals surface area contributed by atoms with Crippen molar-refractivity contribution in [3.05, 3.63) is 33.9 Å². The highest BCUT2D eigenvalue weighted by atomic mass is 19.4. The highest BCUT2D eigenvalue weighted by Gasteiger charge is 2.52. The van der Waals surface area contributed by atoms with E-state index in [1.807, 2.05) is 4.90 Å². The summed E-state index contributed by atoms with van der Waals surface area (Å²) in [6.45, 7) is 3.69. The van der Waals surface area contributed by atoms with Gasteiger partial charge in [0.15, 0.2) is 0 Å². The van der Waals surface area contributed by atoms with Gasteiger partial charge in [-0.25, -0.2) is 9.69 Å². The van der Waals surface area contributed by atoms with E-state index in [0.717, 1.165) is 25.0 Å². The van der Waals surface area contributed by atoms with Gasteiger partial charge in [0.2, 0.25) is 0 Å². The molecule has 3 aliphatic rings. The molecule has 0 bridgehead atoms. The minimum Gasteiger partial charge on any atom is -0.363 e. The summed E-state index contributed by atoms with van der Waals surface area (Å²) in [6.07, 6.45) is -1.66. The van der Waals surface area contributed by atoms with Crippen molar-refractivity contribution >= 4 is 23.3 Å². The van der Waals surface area contributed by atoms with Gasteiger partial charge in [-0.1, -0.05) is 6.92 Å². The first-order chi connectivity index (χ1) is 15.5. The van der Waals surface area contributed by atoms with Gasteiger partial charge in [0.25, 0.3) is 11.6 Å². The number of piperazine rings is 1. The molecule has 3 amide bonds. The van der Waals surface area contributed by atoms with Crippen LogP contribution in [0, 0.1) is 16.0 Å². The summed E-state index contributed by atoms with van der Waals surface area (Å²) in [5, 5.41) is 14.3. The number of amides is 3. The van der Waals surface area contributed by atoms with E-state index in [1.165, 1.54) is 4.90 Å². The third-order valence-corrected chi connectivity index (χ3v) is 6.93. The maximum absolute atomic E-state index is 13.0. The standard InChI is InChI=1S/C21H26F3N5O4/c1-14-4-6-20(7-5-14)18(30)28(19(31)25-20)13-26-8-10-27(11-9-26)16-3-2-15(21(22,23)24)12-17(16)29(32)33/h2-3,12,14H,4-11,13H2,1H3,(H,25,31). The van der Waals surface area contributed by atoms with Gasteiger partial charge in [0.05, 0.1) is 17.2 Å². The van der Waals surface area contributed by atoms with Crippen molar-refractivity contribution in [3.8, 4) is 0 Å². The number of nitrogens with zero attached hydrogens (tertiary/aromatic N) is 4. The van der Waals surface area contributed by atoms with Crippen LogP contribution in [0.3, 0.4) is 0 Å². The molecule has 0 radical (unpaired) electrons. The van der Waals surface area contributed by atoms with Crippen molar-refractivity contribution in [2.75, 3.05) is 37.7 Å². The summed E-state index contributed by atoms with van der Waals surface area (Å²) >= 11 is 0. The Morgan fingerprint density at radius 2 is 1.79 bits per heavy atom. The van der Waals surface area contributed by atoms with Crippen LogP contribution < -0.4 is 10.2 Å². The van der Waals surface area contributed by atoms with E-state index < -0.39 is 33.9 Å². The number of anilines is 1. The normalized spacial score (nSPS) is 26.7. The van der Waals surface area contributed by atoms with Crippen molar-refractivity contribution in [1.82, 2.24) is 15.1 Å². The second-order valence-corrected chi connectivity index (χ2v) is 9.13. The molecule has 0 aromatic heterocycles. The van der Waals surface area contributed by atoms with Crippen LogP contribution in [0.2, 0.25) is 0 Å². The Hall–Kier alpha value is -2.89. The molecule has 2 saturated heterocycles. The summed E-state index contributed by atoms with van der Waals surface area (Å²) < 4.78 is 38.9. The fourth-order valence-electron chi connectivity index (χ4n) is 4.84. The van der Waals surface area contributed by atoms with Gasteiger partial charge in [0, 0.05) is 32.2 Å². The number of carbonyl (C=O) groups is 2. The number of hydrogen-bond acceptors (Lipinski definition) is 6. The molecule has 1 saturated carbocycles. The van der Waals surface area contributed by atoms with Crippen LogP contribution in [-0.2, 0) is 11.0 Å². The highest BCUT2D eigenvalue weighted by Crippen LogP contribution is 2.38. The molecule has 1 aromatic carbocycles. The molecule has 4 rings (SSSR count). The number of nitro benzene ring substituents is 1. The first-order valence-corrected chi connectivity index (χ1v) is 11.0. The molecule has 1 spiro atoms. The third-order valence-electron chi connectivity index (χ3n) is 6.93. The van der Waals surface area contributed by atoms with E-state index in [-0.39, 0.29) is 18.3 Å². The molecule has 9 nitrogen and oxygen atoms in total. The Morgan fingerprint density at radius 1 is 1.15 bits per heavy atom. The van der Waals surface area contributed by atoms with Gasteiger partial charge in [-0.05, 0) is 43.7 Å². The summed E-state index contributed by atoms with van der Waals surface area (Å²) in [4.78, 5) is 40.9. The molecule has 3 fully saturated rings. The molecular formula is C21H26F3N5O4. The molecule has 2 heterocycles. The Bertz CT molecular complexity index is 954. The number of benzene rings is 1. The number of hydrogen-bond donors (Lipinski definition) is 1. The second kappa shape index (κ2) is 8.47. The molecule has 2 aliphatic heterocycles. The number of imide groups is 1. The van der Waals surface area contributed by atoms with Gasteiger partial charge >= 0.3 is 12.2 Å². The Balaban J connectivity index is 1.40.